The average Bonchev–Trinajstić information content (AvgIpc) is 2.42. The molecule has 1 aliphatic rings. The van der Waals surface area contributed by atoms with E-state index in [1.807, 2.05) is 12.1 Å². The number of aryl methyl sites for hydroxylation is 1. The van der Waals surface area contributed by atoms with E-state index in [9.17, 15) is 0 Å². The average molecular weight is 326 g/mol. The Morgan fingerprint density at radius 3 is 2.79 bits per heavy atom. The van der Waals surface area contributed by atoms with Crippen LogP contribution < -0.4 is 10.1 Å². The van der Waals surface area contributed by atoms with Gasteiger partial charge < -0.3 is 10.1 Å². The summed E-state index contributed by atoms with van der Waals surface area (Å²) in [6.07, 6.45) is 7.00. The molecule has 19 heavy (non-hydrogen) atoms. The lowest BCUT2D eigenvalue weighted by Gasteiger charge is -2.25. The monoisotopic (exact) mass is 325 g/mol. The summed E-state index contributed by atoms with van der Waals surface area (Å²) in [6.45, 7) is 5.15. The Kier molecular flexibility index (Phi) is 5.71. The van der Waals surface area contributed by atoms with Crippen molar-refractivity contribution in [2.75, 3.05) is 6.54 Å². The topological polar surface area (TPSA) is 21.3 Å². The van der Waals surface area contributed by atoms with Crippen molar-refractivity contribution in [2.45, 2.75) is 58.1 Å². The van der Waals surface area contributed by atoms with Crippen LogP contribution in [0.5, 0.6) is 5.75 Å². The highest BCUT2D eigenvalue weighted by Crippen LogP contribution is 2.24. The number of rotatable bonds is 5. The van der Waals surface area contributed by atoms with Crippen LogP contribution in [0.1, 0.15) is 44.6 Å². The molecule has 1 atom stereocenters. The zero-order chi connectivity index (χ0) is 13.7. The molecule has 106 valence electrons. The molecule has 0 heterocycles. The summed E-state index contributed by atoms with van der Waals surface area (Å²) in [4.78, 5) is 0. The van der Waals surface area contributed by atoms with E-state index >= 15 is 0 Å². The fraction of sp³-hybridized carbons (Fsp3) is 0.625. The molecule has 1 aromatic carbocycles. The lowest BCUT2D eigenvalue weighted by molar-refractivity contribution is 0.204. The zero-order valence-electron chi connectivity index (χ0n) is 11.9. The van der Waals surface area contributed by atoms with Crippen molar-refractivity contribution in [2.24, 2.45) is 0 Å². The number of nitrogens with one attached hydrogen (secondary N) is 1. The van der Waals surface area contributed by atoms with Gasteiger partial charge in [0.15, 0.2) is 0 Å². The molecule has 1 fully saturated rings. The molecule has 1 saturated carbocycles. The molecule has 0 bridgehead atoms. The quantitative estimate of drug-likeness (QED) is 0.863. The molecule has 0 amide bonds. The van der Waals surface area contributed by atoms with Gasteiger partial charge in [-0.25, -0.2) is 0 Å². The van der Waals surface area contributed by atoms with E-state index in [0.29, 0.717) is 6.04 Å². The number of halogens is 1. The Hall–Kier alpha value is -0.540. The summed E-state index contributed by atoms with van der Waals surface area (Å²) in [6, 6.07) is 6.88. The van der Waals surface area contributed by atoms with Crippen LogP contribution in [0.2, 0.25) is 0 Å². The van der Waals surface area contributed by atoms with Crippen molar-refractivity contribution < 1.29 is 4.74 Å². The molecule has 0 radical (unpaired) electrons. The smallest absolute Gasteiger partial charge is 0.123 e. The Bertz CT molecular complexity index is 402. The van der Waals surface area contributed by atoms with Crippen LogP contribution in [0.25, 0.3) is 0 Å². The third-order valence-corrected chi connectivity index (χ3v) is 4.27. The van der Waals surface area contributed by atoms with E-state index in [1.54, 1.807) is 0 Å². The van der Waals surface area contributed by atoms with Crippen molar-refractivity contribution in [1.82, 2.24) is 5.32 Å². The maximum absolute atomic E-state index is 6.02. The first kappa shape index (κ1) is 14.9. The van der Waals surface area contributed by atoms with E-state index in [4.69, 9.17) is 4.74 Å². The largest absolute Gasteiger partial charge is 0.489 e. The molecule has 1 aromatic rings. The Morgan fingerprint density at radius 2 is 2.05 bits per heavy atom. The molecule has 0 aromatic heterocycles. The van der Waals surface area contributed by atoms with Gasteiger partial charge >= 0.3 is 0 Å². The number of benzene rings is 1. The van der Waals surface area contributed by atoms with Gasteiger partial charge in [0.1, 0.15) is 11.9 Å². The van der Waals surface area contributed by atoms with Gasteiger partial charge in [-0.05, 0) is 44.4 Å². The predicted molar refractivity (Wildman–Crippen MR) is 83.8 cm³/mol. The standard InChI is InChI=1S/C16H24BrNO/c1-12-8-9-14(17)10-16(12)19-13(2)11-18-15-6-4-3-5-7-15/h8-10,13,15,18H,3-7,11H2,1-2H3. The predicted octanol–water partition coefficient (Wildman–Crippen LogP) is 4.45. The maximum Gasteiger partial charge on any atom is 0.123 e. The van der Waals surface area contributed by atoms with E-state index in [2.05, 4.69) is 41.2 Å². The number of hydrogen-bond donors (Lipinski definition) is 1. The van der Waals surface area contributed by atoms with Gasteiger partial charge in [0.2, 0.25) is 0 Å². The second-order valence-electron chi connectivity index (χ2n) is 5.58. The number of ether oxygens (including phenoxy) is 1. The molecule has 1 aliphatic carbocycles. The SMILES string of the molecule is Cc1ccc(Br)cc1OC(C)CNC1CCCCC1. The van der Waals surface area contributed by atoms with Crippen LogP contribution in [0.15, 0.2) is 22.7 Å². The summed E-state index contributed by atoms with van der Waals surface area (Å²) in [5.41, 5.74) is 1.19. The second-order valence-corrected chi connectivity index (χ2v) is 6.50. The minimum Gasteiger partial charge on any atom is -0.489 e. The molecule has 2 rings (SSSR count). The van der Waals surface area contributed by atoms with Crippen molar-refractivity contribution in [3.8, 4) is 5.75 Å². The zero-order valence-corrected chi connectivity index (χ0v) is 13.5. The van der Waals surface area contributed by atoms with Crippen molar-refractivity contribution >= 4 is 15.9 Å². The summed E-state index contributed by atoms with van der Waals surface area (Å²) in [5, 5.41) is 3.64. The maximum atomic E-state index is 6.02. The fourth-order valence-corrected chi connectivity index (χ4v) is 2.94. The molecule has 2 nitrogen and oxygen atoms in total. The lowest BCUT2D eigenvalue weighted by atomic mass is 9.95. The summed E-state index contributed by atoms with van der Waals surface area (Å²) < 4.78 is 7.09. The summed E-state index contributed by atoms with van der Waals surface area (Å²) >= 11 is 3.49. The minimum atomic E-state index is 0.204. The van der Waals surface area contributed by atoms with E-state index < -0.39 is 0 Å². The van der Waals surface area contributed by atoms with Crippen molar-refractivity contribution in [3.63, 3.8) is 0 Å². The molecular weight excluding hydrogens is 302 g/mol. The van der Waals surface area contributed by atoms with E-state index in [-0.39, 0.29) is 6.10 Å². The molecule has 0 spiro atoms. The molecule has 1 N–H and O–H groups in total. The van der Waals surface area contributed by atoms with Gasteiger partial charge in [-0.1, -0.05) is 41.3 Å². The van der Waals surface area contributed by atoms with Crippen LogP contribution in [0.3, 0.4) is 0 Å². The van der Waals surface area contributed by atoms with Crippen molar-refractivity contribution in [1.29, 1.82) is 0 Å². The number of hydrogen-bond acceptors (Lipinski definition) is 2. The minimum absolute atomic E-state index is 0.204. The Morgan fingerprint density at radius 1 is 1.32 bits per heavy atom. The first-order valence-corrected chi connectivity index (χ1v) is 8.10. The lowest BCUT2D eigenvalue weighted by Crippen LogP contribution is -2.37. The highest BCUT2D eigenvalue weighted by Gasteiger charge is 2.14. The van der Waals surface area contributed by atoms with Crippen LogP contribution in [-0.2, 0) is 0 Å². The molecule has 1 unspecified atom stereocenters. The first-order chi connectivity index (χ1) is 9.15. The molecule has 0 aliphatic heterocycles. The van der Waals surface area contributed by atoms with Gasteiger partial charge in [-0.3, -0.25) is 0 Å². The highest BCUT2D eigenvalue weighted by atomic mass is 79.9. The second kappa shape index (κ2) is 7.30. The Balaban J connectivity index is 1.80. The Labute approximate surface area is 125 Å². The van der Waals surface area contributed by atoms with Crippen molar-refractivity contribution in [3.05, 3.63) is 28.2 Å². The van der Waals surface area contributed by atoms with Gasteiger partial charge in [-0.15, -0.1) is 0 Å². The van der Waals surface area contributed by atoms with E-state index in [0.717, 1.165) is 16.8 Å². The third kappa shape index (κ3) is 4.81. The highest BCUT2D eigenvalue weighted by molar-refractivity contribution is 9.10. The third-order valence-electron chi connectivity index (χ3n) is 3.78. The van der Waals surface area contributed by atoms with Crippen LogP contribution in [0.4, 0.5) is 0 Å². The summed E-state index contributed by atoms with van der Waals surface area (Å²) in [5.74, 6) is 0.979. The first-order valence-electron chi connectivity index (χ1n) is 7.31. The van der Waals surface area contributed by atoms with Crippen LogP contribution >= 0.6 is 15.9 Å². The van der Waals surface area contributed by atoms with E-state index in [1.165, 1.54) is 37.7 Å². The molecule has 3 heteroatoms. The van der Waals surface area contributed by atoms with Crippen LogP contribution in [-0.4, -0.2) is 18.7 Å². The molecule has 0 saturated heterocycles. The summed E-state index contributed by atoms with van der Waals surface area (Å²) in [7, 11) is 0. The molecular formula is C16H24BrNO. The van der Waals surface area contributed by atoms with Gasteiger partial charge in [0, 0.05) is 17.1 Å². The van der Waals surface area contributed by atoms with Gasteiger partial charge in [0.05, 0.1) is 0 Å². The van der Waals surface area contributed by atoms with Gasteiger partial charge in [0.25, 0.3) is 0 Å². The fourth-order valence-electron chi connectivity index (χ4n) is 2.60. The normalized spacial score (nSPS) is 18.3. The van der Waals surface area contributed by atoms with Crippen LogP contribution in [0, 0.1) is 6.92 Å². The van der Waals surface area contributed by atoms with Gasteiger partial charge in [-0.2, -0.15) is 0 Å².